The summed E-state index contributed by atoms with van der Waals surface area (Å²) in [7, 11) is 3.76. The molecule has 1 aromatic carbocycles. The number of hydrogen-bond acceptors (Lipinski definition) is 3. The maximum Gasteiger partial charge on any atom is 0.227 e. The molecular weight excluding hydrogens is 304 g/mol. The number of amides is 1. The molecule has 2 aliphatic rings. The number of nitrogens with zero attached hydrogens (tertiary/aromatic N) is 2. The lowest BCUT2D eigenvalue weighted by Crippen LogP contribution is -2.37. The molecule has 24 heavy (non-hydrogen) atoms. The minimum Gasteiger partial charge on any atom is -0.384 e. The topological polar surface area (TPSA) is 43.7 Å². The molecule has 0 radical (unpaired) electrons. The number of para-hydroxylation sites is 1. The minimum absolute atomic E-state index is 0.0107. The largest absolute Gasteiger partial charge is 0.384 e. The van der Waals surface area contributed by atoms with Gasteiger partial charge in [0.25, 0.3) is 0 Å². The van der Waals surface area contributed by atoms with E-state index < -0.39 is 0 Å². The number of rotatable bonds is 4. The highest BCUT2D eigenvalue weighted by atomic mass is 16.5. The number of aryl methyl sites for hydroxylation is 1. The van der Waals surface area contributed by atoms with E-state index in [1.807, 2.05) is 24.1 Å². The quantitative estimate of drug-likeness (QED) is 0.860. The first-order chi connectivity index (χ1) is 11.6. The Balaban J connectivity index is 1.53. The molecule has 0 N–H and O–H groups in total. The Kier molecular flexibility index (Phi) is 3.85. The highest BCUT2D eigenvalue weighted by Gasteiger charge is 2.51. The summed E-state index contributed by atoms with van der Waals surface area (Å²) < 4.78 is 13.2. The number of methoxy groups -OCH3 is 1. The first-order valence-electron chi connectivity index (χ1n) is 8.50. The van der Waals surface area contributed by atoms with Crippen molar-refractivity contribution in [2.75, 3.05) is 40.0 Å². The van der Waals surface area contributed by atoms with Gasteiger partial charge >= 0.3 is 0 Å². The van der Waals surface area contributed by atoms with Crippen molar-refractivity contribution >= 4 is 16.8 Å². The Labute approximate surface area is 142 Å². The first-order valence-corrected chi connectivity index (χ1v) is 8.50. The number of ether oxygens (including phenoxy) is 2. The fourth-order valence-corrected chi connectivity index (χ4v) is 4.35. The fourth-order valence-electron chi connectivity index (χ4n) is 4.35. The highest BCUT2D eigenvalue weighted by Crippen LogP contribution is 2.41. The van der Waals surface area contributed by atoms with Crippen LogP contribution >= 0.6 is 0 Å². The Bertz CT molecular complexity index is 769. The molecule has 2 saturated heterocycles. The number of carbonyl (C=O) groups excluding carboxylic acids is 1. The van der Waals surface area contributed by atoms with E-state index in [1.165, 1.54) is 10.9 Å². The zero-order valence-electron chi connectivity index (χ0n) is 14.3. The van der Waals surface area contributed by atoms with Crippen LogP contribution < -0.4 is 0 Å². The molecule has 0 aliphatic carbocycles. The van der Waals surface area contributed by atoms with Gasteiger partial charge in [-0.05, 0) is 11.6 Å². The lowest BCUT2D eigenvalue weighted by Gasteiger charge is -2.26. The van der Waals surface area contributed by atoms with Crippen molar-refractivity contribution in [3.63, 3.8) is 0 Å². The van der Waals surface area contributed by atoms with Crippen molar-refractivity contribution < 1.29 is 14.3 Å². The molecule has 0 saturated carbocycles. The van der Waals surface area contributed by atoms with Crippen LogP contribution in [0.2, 0.25) is 0 Å². The second kappa shape index (κ2) is 5.90. The molecule has 1 aromatic heterocycles. The van der Waals surface area contributed by atoms with Gasteiger partial charge in [0.2, 0.25) is 5.91 Å². The van der Waals surface area contributed by atoms with Gasteiger partial charge in [0.15, 0.2) is 0 Å². The van der Waals surface area contributed by atoms with Crippen LogP contribution in [0.25, 0.3) is 10.9 Å². The minimum atomic E-state index is -0.0107. The van der Waals surface area contributed by atoms with Gasteiger partial charge < -0.3 is 18.9 Å². The van der Waals surface area contributed by atoms with E-state index >= 15 is 0 Å². The third kappa shape index (κ3) is 2.43. The smallest absolute Gasteiger partial charge is 0.227 e. The average Bonchev–Trinajstić information content (AvgIpc) is 3.20. The van der Waals surface area contributed by atoms with E-state index in [2.05, 4.69) is 22.9 Å². The van der Waals surface area contributed by atoms with Gasteiger partial charge in [0.05, 0.1) is 26.2 Å². The molecule has 5 nitrogen and oxygen atoms in total. The summed E-state index contributed by atoms with van der Waals surface area (Å²) in [5.41, 5.74) is 2.26. The Morgan fingerprint density at radius 1 is 1.42 bits per heavy atom. The van der Waals surface area contributed by atoms with Crippen LogP contribution in [0, 0.1) is 11.3 Å². The van der Waals surface area contributed by atoms with Crippen molar-refractivity contribution in [3.8, 4) is 0 Å². The van der Waals surface area contributed by atoms with Gasteiger partial charge in [0, 0.05) is 55.7 Å². The van der Waals surface area contributed by atoms with Crippen LogP contribution in [0.4, 0.5) is 0 Å². The zero-order chi connectivity index (χ0) is 16.7. The van der Waals surface area contributed by atoms with Gasteiger partial charge in [-0.1, -0.05) is 18.2 Å². The lowest BCUT2D eigenvalue weighted by molar-refractivity contribution is -0.130. The van der Waals surface area contributed by atoms with Crippen LogP contribution in [0.5, 0.6) is 0 Å². The summed E-state index contributed by atoms with van der Waals surface area (Å²) in [5.74, 6) is 0.602. The summed E-state index contributed by atoms with van der Waals surface area (Å²) in [6.07, 6.45) is 2.53. The number of aromatic nitrogens is 1. The third-order valence-electron chi connectivity index (χ3n) is 5.63. The van der Waals surface area contributed by atoms with Crippen LogP contribution in [0.1, 0.15) is 5.56 Å². The monoisotopic (exact) mass is 328 g/mol. The molecule has 2 fully saturated rings. The Morgan fingerprint density at radius 2 is 2.25 bits per heavy atom. The molecule has 2 aromatic rings. The molecule has 0 spiro atoms. The second-order valence-electron chi connectivity index (χ2n) is 7.24. The third-order valence-corrected chi connectivity index (χ3v) is 5.63. The summed E-state index contributed by atoms with van der Waals surface area (Å²) in [6.45, 7) is 3.63. The highest BCUT2D eigenvalue weighted by molar-refractivity contribution is 5.89. The van der Waals surface area contributed by atoms with E-state index in [9.17, 15) is 4.79 Å². The molecule has 0 unspecified atom stereocenters. The fraction of sp³-hybridized carbons (Fsp3) is 0.526. The molecule has 4 rings (SSSR count). The Hall–Kier alpha value is -1.85. The molecular formula is C19H24N2O3. The van der Waals surface area contributed by atoms with Gasteiger partial charge in [-0.25, -0.2) is 0 Å². The molecule has 1 amide bonds. The average molecular weight is 328 g/mol. The molecule has 0 bridgehead atoms. The molecule has 128 valence electrons. The van der Waals surface area contributed by atoms with Crippen molar-refractivity contribution in [1.82, 2.24) is 9.47 Å². The van der Waals surface area contributed by atoms with Crippen molar-refractivity contribution in [1.29, 1.82) is 0 Å². The van der Waals surface area contributed by atoms with E-state index in [4.69, 9.17) is 9.47 Å². The molecule has 3 heterocycles. The van der Waals surface area contributed by atoms with Gasteiger partial charge in [0.1, 0.15) is 0 Å². The number of likely N-dealkylation sites (tertiary alicyclic amines) is 1. The van der Waals surface area contributed by atoms with Crippen molar-refractivity contribution in [2.45, 2.75) is 6.42 Å². The molecule has 2 aliphatic heterocycles. The predicted octanol–water partition coefficient (Wildman–Crippen LogP) is 1.84. The maximum absolute atomic E-state index is 12.9. The molecule has 2 atom stereocenters. The molecule has 5 heteroatoms. The van der Waals surface area contributed by atoms with Crippen LogP contribution in [0.3, 0.4) is 0 Å². The summed E-state index contributed by atoms with van der Waals surface area (Å²) >= 11 is 0. The SMILES string of the molecule is COC[C@@]12COC[C@@H]1CN(C(=O)Cc1cn(C)c3ccccc13)C2. The number of carbonyl (C=O) groups is 1. The number of fused-ring (bicyclic) bond motifs is 2. The lowest BCUT2D eigenvalue weighted by atomic mass is 9.82. The number of benzene rings is 1. The standard InChI is InChI=1S/C19H24N2O3/c1-20-8-14(16-5-3-4-6-17(16)20)7-18(22)21-9-15-10-24-13-19(15,11-21)12-23-2/h3-6,8,15H,7,9-13H2,1-2H3/t15-,19-/m0/s1. The van der Waals surface area contributed by atoms with E-state index in [0.29, 0.717) is 25.6 Å². The van der Waals surface area contributed by atoms with E-state index in [1.54, 1.807) is 7.11 Å². The second-order valence-corrected chi connectivity index (χ2v) is 7.24. The first kappa shape index (κ1) is 15.7. The Morgan fingerprint density at radius 3 is 3.08 bits per heavy atom. The van der Waals surface area contributed by atoms with Crippen molar-refractivity contribution in [2.24, 2.45) is 18.4 Å². The van der Waals surface area contributed by atoms with E-state index in [0.717, 1.165) is 25.3 Å². The maximum atomic E-state index is 12.9. The summed E-state index contributed by atoms with van der Waals surface area (Å²) in [6, 6.07) is 8.25. The van der Waals surface area contributed by atoms with Crippen LogP contribution in [0.15, 0.2) is 30.5 Å². The normalized spacial score (nSPS) is 26.2. The summed E-state index contributed by atoms with van der Waals surface area (Å²) in [5, 5.41) is 1.17. The summed E-state index contributed by atoms with van der Waals surface area (Å²) in [4.78, 5) is 14.9. The van der Waals surface area contributed by atoms with Crippen LogP contribution in [-0.4, -0.2) is 55.4 Å². The predicted molar refractivity (Wildman–Crippen MR) is 91.8 cm³/mol. The number of hydrogen-bond donors (Lipinski definition) is 0. The van der Waals surface area contributed by atoms with Crippen molar-refractivity contribution in [3.05, 3.63) is 36.0 Å². The van der Waals surface area contributed by atoms with Crippen LogP contribution in [-0.2, 0) is 27.7 Å². The van der Waals surface area contributed by atoms with E-state index in [-0.39, 0.29) is 11.3 Å². The zero-order valence-corrected chi connectivity index (χ0v) is 14.3. The van der Waals surface area contributed by atoms with Gasteiger partial charge in [-0.2, -0.15) is 0 Å². The van der Waals surface area contributed by atoms with Gasteiger partial charge in [-0.15, -0.1) is 0 Å². The van der Waals surface area contributed by atoms with Gasteiger partial charge in [-0.3, -0.25) is 4.79 Å².